The molecule has 0 atom stereocenters. The third-order valence-corrected chi connectivity index (χ3v) is 15.0. The molecule has 0 N–H and O–H groups in total. The van der Waals surface area contributed by atoms with Gasteiger partial charge in [-0.25, -0.2) is 15.0 Å². The monoisotopic (exact) mass is 852 g/mol. The van der Waals surface area contributed by atoms with Crippen LogP contribution in [0.15, 0.2) is 199 Å². The van der Waals surface area contributed by atoms with Crippen LogP contribution in [-0.4, -0.2) is 19.5 Å². The fourth-order valence-electron chi connectivity index (χ4n) is 9.71. The summed E-state index contributed by atoms with van der Waals surface area (Å²) in [5.74, 6) is 1.82. The van der Waals surface area contributed by atoms with Crippen LogP contribution in [0.25, 0.3) is 135 Å². The van der Waals surface area contributed by atoms with Crippen LogP contribution in [0.5, 0.6) is 0 Å². The number of rotatable bonds is 5. The number of hydrogen-bond acceptors (Lipinski definition) is 6. The van der Waals surface area contributed by atoms with Crippen molar-refractivity contribution in [2.24, 2.45) is 0 Å². The van der Waals surface area contributed by atoms with E-state index in [0.717, 1.165) is 61.0 Å². The molecular weight excluding hydrogens is 821 g/mol. The highest BCUT2D eigenvalue weighted by Crippen LogP contribution is 2.46. The molecule has 0 aliphatic carbocycles. The summed E-state index contributed by atoms with van der Waals surface area (Å²) in [5, 5.41) is 9.52. The highest BCUT2D eigenvalue weighted by atomic mass is 32.1. The van der Waals surface area contributed by atoms with Crippen LogP contribution in [0.3, 0.4) is 0 Å². The van der Waals surface area contributed by atoms with Crippen molar-refractivity contribution in [3.8, 4) is 51.0 Å². The maximum absolute atomic E-state index is 7.06. The van der Waals surface area contributed by atoms with Crippen LogP contribution >= 0.6 is 22.7 Å². The van der Waals surface area contributed by atoms with Gasteiger partial charge in [0.05, 0.1) is 15.7 Å². The summed E-state index contributed by atoms with van der Waals surface area (Å²) in [6.45, 7) is 0. The summed E-state index contributed by atoms with van der Waals surface area (Å²) < 4.78 is 14.6. The van der Waals surface area contributed by atoms with Gasteiger partial charge < -0.3 is 8.98 Å². The fraction of sp³-hybridized carbons (Fsp3) is 0. The van der Waals surface area contributed by atoms with E-state index >= 15 is 0 Å². The van der Waals surface area contributed by atoms with Crippen molar-refractivity contribution >= 4 is 107 Å². The molecule has 0 amide bonds. The average Bonchev–Trinajstić information content (AvgIpc) is 4.12. The SMILES string of the molecule is c1ccc(-c2nc(-c3ccccc3)nc(-c3cc(-c4ccc5c(c4)sc4ccccc45)cc4oc5cc(-n6c7ccccc7c7ccc8c9ccccc9sc8c76)ccc5c34)n2)cc1. The number of benzene rings is 9. The van der Waals surface area contributed by atoms with Crippen molar-refractivity contribution < 1.29 is 4.42 Å². The predicted molar refractivity (Wildman–Crippen MR) is 269 cm³/mol. The number of para-hydroxylation sites is 1. The lowest BCUT2D eigenvalue weighted by Crippen LogP contribution is -2.00. The summed E-state index contributed by atoms with van der Waals surface area (Å²) in [6.07, 6.45) is 0. The second kappa shape index (κ2) is 13.8. The molecule has 5 nitrogen and oxygen atoms in total. The number of nitrogens with zero attached hydrogens (tertiary/aromatic N) is 4. The average molecular weight is 853 g/mol. The van der Waals surface area contributed by atoms with Crippen LogP contribution in [0.4, 0.5) is 0 Å². The van der Waals surface area contributed by atoms with Crippen LogP contribution in [0.1, 0.15) is 0 Å². The molecule has 5 heterocycles. The molecule has 0 unspecified atom stereocenters. The second-order valence-corrected chi connectivity index (χ2v) is 18.5. The molecule has 0 spiro atoms. The molecular formula is C57H32N4OS2. The zero-order valence-electron chi connectivity index (χ0n) is 34.0. The Balaban J connectivity index is 1.04. The zero-order chi connectivity index (χ0) is 41.9. The first kappa shape index (κ1) is 35.6. The molecule has 0 aliphatic heterocycles. The number of thiophene rings is 2. The van der Waals surface area contributed by atoms with Gasteiger partial charge in [0.15, 0.2) is 17.5 Å². The van der Waals surface area contributed by atoms with Crippen molar-refractivity contribution in [2.45, 2.75) is 0 Å². The lowest BCUT2D eigenvalue weighted by atomic mass is 9.97. The van der Waals surface area contributed by atoms with Gasteiger partial charge in [0.2, 0.25) is 0 Å². The maximum atomic E-state index is 7.06. The first-order chi connectivity index (χ1) is 31.7. The summed E-state index contributed by atoms with van der Waals surface area (Å²) in [6, 6.07) is 68.9. The highest BCUT2D eigenvalue weighted by molar-refractivity contribution is 7.26. The minimum atomic E-state index is 0.587. The predicted octanol–water partition coefficient (Wildman–Crippen LogP) is 16.3. The number of aromatic nitrogens is 4. The molecule has 64 heavy (non-hydrogen) atoms. The molecule has 0 radical (unpaired) electrons. The van der Waals surface area contributed by atoms with Gasteiger partial charge >= 0.3 is 0 Å². The molecule has 298 valence electrons. The van der Waals surface area contributed by atoms with E-state index < -0.39 is 0 Å². The Morgan fingerprint density at radius 2 is 0.969 bits per heavy atom. The number of fused-ring (bicyclic) bond motifs is 13. The van der Waals surface area contributed by atoms with Crippen molar-refractivity contribution in [3.05, 3.63) is 194 Å². The lowest BCUT2D eigenvalue weighted by molar-refractivity contribution is 0.669. The van der Waals surface area contributed by atoms with Crippen LogP contribution in [0.2, 0.25) is 0 Å². The molecule has 0 aliphatic rings. The molecule has 14 aromatic rings. The molecule has 14 rings (SSSR count). The summed E-state index contributed by atoms with van der Waals surface area (Å²) in [4.78, 5) is 15.6. The smallest absolute Gasteiger partial charge is 0.164 e. The van der Waals surface area contributed by atoms with E-state index in [2.05, 4.69) is 162 Å². The largest absolute Gasteiger partial charge is 0.456 e. The fourth-order valence-corrected chi connectivity index (χ4v) is 12.1. The van der Waals surface area contributed by atoms with Crippen LogP contribution < -0.4 is 0 Å². The number of hydrogen-bond donors (Lipinski definition) is 0. The van der Waals surface area contributed by atoms with Gasteiger partial charge in [0.25, 0.3) is 0 Å². The third kappa shape index (κ3) is 5.38. The Hall–Kier alpha value is -7.97. The zero-order valence-corrected chi connectivity index (χ0v) is 35.6. The van der Waals surface area contributed by atoms with E-state index in [0.29, 0.717) is 17.5 Å². The van der Waals surface area contributed by atoms with E-state index in [1.165, 1.54) is 56.6 Å². The molecule has 0 saturated carbocycles. The maximum Gasteiger partial charge on any atom is 0.164 e. The van der Waals surface area contributed by atoms with Gasteiger partial charge in [-0.1, -0.05) is 140 Å². The summed E-state index contributed by atoms with van der Waals surface area (Å²) in [7, 11) is 0. The molecule has 0 saturated heterocycles. The first-order valence-corrected chi connectivity index (χ1v) is 23.0. The Labute approximate surface area is 373 Å². The van der Waals surface area contributed by atoms with Crippen molar-refractivity contribution in [1.82, 2.24) is 19.5 Å². The minimum absolute atomic E-state index is 0.587. The highest BCUT2D eigenvalue weighted by Gasteiger charge is 2.23. The molecule has 0 bridgehead atoms. The Kier molecular flexibility index (Phi) is 7.66. The minimum Gasteiger partial charge on any atom is -0.456 e. The molecule has 0 fully saturated rings. The number of furan rings is 1. The standard InChI is InChI=1S/C57H32N4OS2/c1-3-13-33(14-4-1)55-58-56(34-15-5-2-6-16-34)60-57(59-55)45-29-36(35-23-25-41-39-18-8-11-21-49(39)63-51(41)31-35)30-48-52(45)44-26-24-37(32-47(44)62-48)61-46-20-10-7-17-38(46)42-27-28-43-40-19-9-12-22-50(40)64-54(43)53(42)61/h1-32H. The van der Waals surface area contributed by atoms with Gasteiger partial charge in [-0.2, -0.15) is 0 Å². The lowest BCUT2D eigenvalue weighted by Gasteiger charge is -2.11. The summed E-state index contributed by atoms with van der Waals surface area (Å²) >= 11 is 3.68. The molecule has 9 aromatic carbocycles. The normalized spacial score (nSPS) is 12.1. The third-order valence-electron chi connectivity index (χ3n) is 12.6. The Morgan fingerprint density at radius 3 is 1.73 bits per heavy atom. The van der Waals surface area contributed by atoms with E-state index in [1.807, 2.05) is 59.1 Å². The van der Waals surface area contributed by atoms with E-state index in [9.17, 15) is 0 Å². The second-order valence-electron chi connectivity index (χ2n) is 16.3. The van der Waals surface area contributed by atoms with Crippen molar-refractivity contribution in [2.75, 3.05) is 0 Å². The quantitative estimate of drug-likeness (QED) is 0.173. The van der Waals surface area contributed by atoms with Crippen molar-refractivity contribution in [1.29, 1.82) is 0 Å². The van der Waals surface area contributed by atoms with Gasteiger partial charge in [-0.05, 0) is 59.7 Å². The Bertz CT molecular complexity index is 4140. The van der Waals surface area contributed by atoms with E-state index in [1.54, 1.807) is 0 Å². The summed E-state index contributed by atoms with van der Waals surface area (Å²) in [5.41, 5.74) is 9.83. The molecule has 5 aromatic heterocycles. The Morgan fingerprint density at radius 1 is 0.375 bits per heavy atom. The van der Waals surface area contributed by atoms with Gasteiger partial charge in [0, 0.05) is 85.6 Å². The van der Waals surface area contributed by atoms with E-state index in [-0.39, 0.29) is 0 Å². The van der Waals surface area contributed by atoms with Crippen LogP contribution in [0, 0.1) is 0 Å². The van der Waals surface area contributed by atoms with Gasteiger partial charge in [-0.3, -0.25) is 0 Å². The van der Waals surface area contributed by atoms with Gasteiger partial charge in [-0.15, -0.1) is 22.7 Å². The van der Waals surface area contributed by atoms with E-state index in [4.69, 9.17) is 19.4 Å². The van der Waals surface area contributed by atoms with Gasteiger partial charge in [0.1, 0.15) is 11.2 Å². The van der Waals surface area contributed by atoms with Crippen molar-refractivity contribution in [3.63, 3.8) is 0 Å². The molecule has 7 heteroatoms. The van der Waals surface area contributed by atoms with Crippen LogP contribution in [-0.2, 0) is 0 Å². The topological polar surface area (TPSA) is 56.7 Å². The first-order valence-electron chi connectivity index (χ1n) is 21.3.